The Balaban J connectivity index is 2.23. The summed E-state index contributed by atoms with van der Waals surface area (Å²) in [5, 5.41) is 0. The quantitative estimate of drug-likeness (QED) is 0.603. The minimum Gasteiger partial charge on any atom is -0.267 e. The highest BCUT2D eigenvalue weighted by molar-refractivity contribution is 8.02. The van der Waals surface area contributed by atoms with Crippen LogP contribution in [0.15, 0.2) is 13.5 Å². The zero-order valence-corrected chi connectivity index (χ0v) is 12.5. The molecule has 7 nitrogen and oxygen atoms in total. The summed E-state index contributed by atoms with van der Waals surface area (Å²) in [5.74, 6) is 0. The number of hydrogen-bond donors (Lipinski definition) is 2. The van der Waals surface area contributed by atoms with E-state index in [-0.39, 0.29) is 0 Å². The molecule has 3 rings (SSSR count). The molecule has 3 aliphatic heterocycles. The second kappa shape index (κ2) is 3.57. The molecule has 0 aromatic heterocycles. The second-order valence-electron chi connectivity index (χ2n) is 3.85. The van der Waals surface area contributed by atoms with Crippen LogP contribution in [0.25, 0.3) is 0 Å². The molecule has 0 aromatic carbocycles. The maximum atomic E-state index is 6.12. The van der Waals surface area contributed by atoms with Crippen molar-refractivity contribution in [2.75, 3.05) is 26.2 Å². The molecule has 2 fully saturated rings. The molecule has 0 aliphatic carbocycles. The molecule has 0 unspecified atom stereocenters. The molecule has 0 amide bonds. The largest absolute Gasteiger partial charge is 0.267 e. The first-order valence-corrected chi connectivity index (χ1v) is 11.7. The first kappa shape index (κ1) is 12.2. The Labute approximate surface area is 104 Å². The van der Waals surface area contributed by atoms with Gasteiger partial charge in [0.15, 0.2) is 0 Å². The number of nitrogens with two attached hydrogens (primary N) is 2. The van der Waals surface area contributed by atoms with Gasteiger partial charge in [-0.05, 0) is 22.5 Å². The van der Waals surface area contributed by atoms with Crippen LogP contribution in [0.3, 0.4) is 0 Å². The predicted octanol–water partition coefficient (Wildman–Crippen LogP) is 2.86. The van der Waals surface area contributed by atoms with E-state index in [0.717, 1.165) is 26.2 Å². The van der Waals surface area contributed by atoms with Crippen molar-refractivity contribution in [1.29, 1.82) is 0 Å². The molecule has 4 N–H and O–H groups in total. The Morgan fingerprint density at radius 2 is 1.25 bits per heavy atom. The average Bonchev–Trinajstić information content (AvgIpc) is 2.94. The van der Waals surface area contributed by atoms with Gasteiger partial charge in [-0.3, -0.25) is 11.0 Å². The van der Waals surface area contributed by atoms with Gasteiger partial charge in [-0.1, -0.05) is 0 Å². The van der Waals surface area contributed by atoms with Crippen molar-refractivity contribution >= 4 is 43.4 Å². The minimum absolute atomic E-state index is 0.963. The van der Waals surface area contributed by atoms with E-state index in [1.54, 1.807) is 0 Å². The van der Waals surface area contributed by atoms with Gasteiger partial charge in [0.2, 0.25) is 20.9 Å². The lowest BCUT2D eigenvalue weighted by Gasteiger charge is -2.29. The number of halogens is 2. The van der Waals surface area contributed by atoms with Crippen molar-refractivity contribution in [2.45, 2.75) is 0 Å². The van der Waals surface area contributed by atoms with E-state index in [2.05, 4.69) is 22.9 Å². The first-order valence-electron chi connectivity index (χ1n) is 4.72. The minimum atomic E-state index is -2.72. The van der Waals surface area contributed by atoms with Gasteiger partial charge >= 0.3 is 0 Å². The van der Waals surface area contributed by atoms with Crippen molar-refractivity contribution in [2.24, 2.45) is 24.6 Å². The zero-order valence-electron chi connectivity index (χ0n) is 8.32. The van der Waals surface area contributed by atoms with Crippen molar-refractivity contribution in [3.05, 3.63) is 0 Å². The van der Waals surface area contributed by atoms with Crippen molar-refractivity contribution in [3.63, 3.8) is 0 Å². The lowest BCUT2D eigenvalue weighted by Crippen LogP contribution is -2.06. The van der Waals surface area contributed by atoms with Crippen LogP contribution < -0.4 is 11.0 Å². The van der Waals surface area contributed by atoms with Gasteiger partial charge in [0, 0.05) is 26.2 Å². The Hall–Kier alpha value is 1.11. The van der Waals surface area contributed by atoms with E-state index < -0.39 is 20.9 Å². The standard InChI is InChI=1S/C4H12Cl2N7P3/c5-14(7)9-15(6,8)11-16(10-14,12-1-2-12)13-3-4-13/h1-4,7-8H2/t14-,15-/m0/s1. The number of rotatable bonds is 2. The molecule has 0 radical (unpaired) electrons. The smallest absolute Gasteiger partial charge is 0.234 e. The van der Waals surface area contributed by atoms with Crippen LogP contribution in [-0.4, -0.2) is 35.5 Å². The highest BCUT2D eigenvalue weighted by Crippen LogP contribution is 2.81. The molecule has 2 atom stereocenters. The molecule has 16 heavy (non-hydrogen) atoms. The molecule has 0 spiro atoms. The molecule has 0 aromatic rings. The van der Waals surface area contributed by atoms with Crippen LogP contribution in [0.5, 0.6) is 0 Å². The van der Waals surface area contributed by atoms with Crippen LogP contribution in [0.2, 0.25) is 0 Å². The molecule has 0 bridgehead atoms. The van der Waals surface area contributed by atoms with E-state index in [4.69, 9.17) is 33.5 Å². The summed E-state index contributed by atoms with van der Waals surface area (Å²) in [5.41, 5.74) is 11.8. The van der Waals surface area contributed by atoms with Crippen LogP contribution in [0, 0.1) is 0 Å². The van der Waals surface area contributed by atoms with E-state index in [1.165, 1.54) is 0 Å². The van der Waals surface area contributed by atoms with Gasteiger partial charge < -0.3 is 0 Å². The fourth-order valence-corrected chi connectivity index (χ4v) is 14.3. The van der Waals surface area contributed by atoms with Crippen LogP contribution in [0.1, 0.15) is 0 Å². The van der Waals surface area contributed by atoms with Gasteiger partial charge in [0.1, 0.15) is 0 Å². The van der Waals surface area contributed by atoms with Gasteiger partial charge in [-0.15, -0.1) is 0 Å². The highest BCUT2D eigenvalue weighted by Gasteiger charge is 2.49. The zero-order chi connectivity index (χ0) is 11.6. The van der Waals surface area contributed by atoms with Crippen LogP contribution in [-0.2, 0) is 0 Å². The Morgan fingerprint density at radius 1 is 0.812 bits per heavy atom. The highest BCUT2D eigenvalue weighted by atomic mass is 35.7. The average molecular weight is 322 g/mol. The molecular weight excluding hydrogens is 310 g/mol. The monoisotopic (exact) mass is 321 g/mol. The summed E-state index contributed by atoms with van der Waals surface area (Å²) in [4.78, 5) is 0. The Kier molecular flexibility index (Phi) is 2.71. The number of nitrogens with zero attached hydrogens (tertiary/aromatic N) is 5. The molecular formula is C4H12Cl2N7P3. The summed E-state index contributed by atoms with van der Waals surface area (Å²) in [7, 11) is -2.15. The third-order valence-electron chi connectivity index (χ3n) is 2.35. The van der Waals surface area contributed by atoms with E-state index in [9.17, 15) is 0 Å². The molecule has 3 heterocycles. The van der Waals surface area contributed by atoms with Crippen LogP contribution >= 0.6 is 43.4 Å². The van der Waals surface area contributed by atoms with Crippen molar-refractivity contribution < 1.29 is 0 Å². The fraction of sp³-hybridized carbons (Fsp3) is 1.00. The summed E-state index contributed by atoms with van der Waals surface area (Å²) < 4.78 is 17.4. The summed E-state index contributed by atoms with van der Waals surface area (Å²) in [6.45, 7) is -1.59. The topological polar surface area (TPSA) is 95.1 Å². The van der Waals surface area contributed by atoms with Crippen molar-refractivity contribution in [1.82, 2.24) is 9.34 Å². The maximum absolute atomic E-state index is 6.12. The molecule has 92 valence electrons. The van der Waals surface area contributed by atoms with E-state index >= 15 is 0 Å². The van der Waals surface area contributed by atoms with E-state index in [0.29, 0.717) is 0 Å². The second-order valence-corrected chi connectivity index (χ2v) is 13.5. The Bertz CT molecular complexity index is 470. The third-order valence-corrected chi connectivity index (χ3v) is 13.0. The van der Waals surface area contributed by atoms with Gasteiger partial charge in [0.05, 0.1) is 0 Å². The molecule has 0 saturated carbocycles. The summed E-state index contributed by atoms with van der Waals surface area (Å²) in [6.07, 6.45) is 0. The summed E-state index contributed by atoms with van der Waals surface area (Å²) >= 11 is 12.2. The van der Waals surface area contributed by atoms with Crippen molar-refractivity contribution in [3.8, 4) is 0 Å². The van der Waals surface area contributed by atoms with Gasteiger partial charge in [0.25, 0.3) is 0 Å². The SMILES string of the molecule is N[P@]1(Cl)=NP(N2CC2)(N2CC2)=N[P@](N)(Cl)=N1. The molecule has 12 heteroatoms. The van der Waals surface area contributed by atoms with E-state index in [1.807, 2.05) is 0 Å². The first-order chi connectivity index (χ1) is 7.33. The molecule has 3 aliphatic rings. The lowest BCUT2D eigenvalue weighted by atomic mass is 11.0. The Morgan fingerprint density at radius 3 is 1.62 bits per heavy atom. The fourth-order valence-electron chi connectivity index (χ4n) is 1.60. The summed E-state index contributed by atoms with van der Waals surface area (Å²) in [6, 6.07) is 0. The van der Waals surface area contributed by atoms with Crippen LogP contribution in [0.4, 0.5) is 0 Å². The van der Waals surface area contributed by atoms with Gasteiger partial charge in [-0.25, -0.2) is 9.34 Å². The van der Waals surface area contributed by atoms with Gasteiger partial charge in [-0.2, -0.15) is 13.5 Å². The number of hydrogen-bond acceptors (Lipinski definition) is 7. The molecule has 2 saturated heterocycles. The normalized spacial score (nSPS) is 46.5. The predicted molar refractivity (Wildman–Crippen MR) is 71.3 cm³/mol. The maximum Gasteiger partial charge on any atom is 0.234 e. The third kappa shape index (κ3) is 2.18. The lowest BCUT2D eigenvalue weighted by molar-refractivity contribution is 0.778.